The number of hydrogen-bond acceptors (Lipinski definition) is 4. The fourth-order valence-electron chi connectivity index (χ4n) is 1.88. The lowest BCUT2D eigenvalue weighted by Gasteiger charge is -2.34. The van der Waals surface area contributed by atoms with Crippen molar-refractivity contribution < 1.29 is 14.3 Å². The van der Waals surface area contributed by atoms with Gasteiger partial charge >= 0.3 is 12.0 Å². The van der Waals surface area contributed by atoms with Crippen molar-refractivity contribution in [2.45, 2.75) is 31.8 Å². The maximum absolute atomic E-state index is 11.9. The number of ether oxygens (including phenoxy) is 1. The van der Waals surface area contributed by atoms with Crippen molar-refractivity contribution in [2.24, 2.45) is 0 Å². The number of amides is 2. The highest BCUT2D eigenvalue weighted by atomic mass is 16.5. The topological polar surface area (TPSA) is 70.7 Å². The van der Waals surface area contributed by atoms with Gasteiger partial charge in [-0.2, -0.15) is 0 Å². The molecular formula is C11H19N3O3. The lowest BCUT2D eigenvalue weighted by Crippen LogP contribution is -2.59. The Labute approximate surface area is 101 Å². The van der Waals surface area contributed by atoms with Crippen molar-refractivity contribution in [1.82, 2.24) is 15.5 Å². The van der Waals surface area contributed by atoms with Gasteiger partial charge in [0, 0.05) is 25.7 Å². The van der Waals surface area contributed by atoms with E-state index < -0.39 is 6.04 Å². The largest absolute Gasteiger partial charge is 0.464 e. The van der Waals surface area contributed by atoms with E-state index in [-0.39, 0.29) is 12.0 Å². The number of urea groups is 1. The Morgan fingerprint density at radius 3 is 2.88 bits per heavy atom. The molecule has 0 aromatic carbocycles. The second-order valence-electron chi connectivity index (χ2n) is 4.39. The van der Waals surface area contributed by atoms with Crippen molar-refractivity contribution in [1.29, 1.82) is 0 Å². The number of nitrogens with zero attached hydrogens (tertiary/aromatic N) is 1. The van der Waals surface area contributed by atoms with Gasteiger partial charge in [0.25, 0.3) is 0 Å². The van der Waals surface area contributed by atoms with Gasteiger partial charge in [0.05, 0.1) is 6.61 Å². The van der Waals surface area contributed by atoms with Crippen LogP contribution in [0.5, 0.6) is 0 Å². The number of piperazine rings is 1. The molecule has 2 rings (SSSR count). The van der Waals surface area contributed by atoms with Crippen LogP contribution < -0.4 is 10.6 Å². The maximum Gasteiger partial charge on any atom is 0.330 e. The second kappa shape index (κ2) is 5.35. The van der Waals surface area contributed by atoms with E-state index >= 15 is 0 Å². The Hall–Kier alpha value is -1.30. The monoisotopic (exact) mass is 241 g/mol. The van der Waals surface area contributed by atoms with Gasteiger partial charge in [-0.15, -0.1) is 0 Å². The van der Waals surface area contributed by atoms with Crippen LogP contribution in [-0.2, 0) is 9.53 Å². The molecule has 0 aromatic rings. The fourth-order valence-corrected chi connectivity index (χ4v) is 1.88. The molecule has 1 atom stereocenters. The Morgan fingerprint density at radius 2 is 2.24 bits per heavy atom. The van der Waals surface area contributed by atoms with Crippen molar-refractivity contribution in [2.75, 3.05) is 26.2 Å². The lowest BCUT2D eigenvalue weighted by atomic mass is 10.2. The Bertz CT molecular complexity index is 304. The normalized spacial score (nSPS) is 24.3. The SMILES string of the molecule is CCOC(=O)C1CNCCN1C(=O)NC1CC1. The molecule has 0 bridgehead atoms. The third kappa shape index (κ3) is 3.09. The van der Waals surface area contributed by atoms with E-state index in [2.05, 4.69) is 10.6 Å². The standard InChI is InChI=1S/C11H19N3O3/c1-2-17-10(15)9-7-12-5-6-14(9)11(16)13-8-3-4-8/h8-9,12H,2-7H2,1H3,(H,13,16). The molecule has 1 unspecified atom stereocenters. The summed E-state index contributed by atoms with van der Waals surface area (Å²) in [4.78, 5) is 25.3. The smallest absolute Gasteiger partial charge is 0.330 e. The van der Waals surface area contributed by atoms with E-state index in [0.717, 1.165) is 12.8 Å². The zero-order chi connectivity index (χ0) is 12.3. The molecule has 1 heterocycles. The first-order valence-corrected chi connectivity index (χ1v) is 6.17. The van der Waals surface area contributed by atoms with Crippen molar-refractivity contribution in [3.05, 3.63) is 0 Å². The molecule has 96 valence electrons. The summed E-state index contributed by atoms with van der Waals surface area (Å²) in [7, 11) is 0. The van der Waals surface area contributed by atoms with Crippen molar-refractivity contribution in [3.63, 3.8) is 0 Å². The van der Waals surface area contributed by atoms with Crippen LogP contribution in [0.2, 0.25) is 0 Å². The van der Waals surface area contributed by atoms with Gasteiger partial charge in [-0.25, -0.2) is 9.59 Å². The quantitative estimate of drug-likeness (QED) is 0.665. The molecule has 1 aliphatic carbocycles. The van der Waals surface area contributed by atoms with Crippen LogP contribution in [0, 0.1) is 0 Å². The van der Waals surface area contributed by atoms with Gasteiger partial charge in [-0.3, -0.25) is 0 Å². The van der Waals surface area contributed by atoms with Gasteiger partial charge in [-0.1, -0.05) is 0 Å². The summed E-state index contributed by atoms with van der Waals surface area (Å²) < 4.78 is 4.98. The summed E-state index contributed by atoms with van der Waals surface area (Å²) in [5.41, 5.74) is 0. The molecule has 0 spiro atoms. The fraction of sp³-hybridized carbons (Fsp3) is 0.818. The highest BCUT2D eigenvalue weighted by Gasteiger charge is 2.35. The van der Waals surface area contributed by atoms with Gasteiger partial charge < -0.3 is 20.3 Å². The van der Waals surface area contributed by atoms with Crippen molar-refractivity contribution >= 4 is 12.0 Å². The molecule has 6 heteroatoms. The molecule has 1 saturated heterocycles. The molecule has 2 aliphatic rings. The third-order valence-electron chi connectivity index (χ3n) is 2.97. The van der Waals surface area contributed by atoms with Crippen LogP contribution in [0.3, 0.4) is 0 Å². The van der Waals surface area contributed by atoms with E-state index in [4.69, 9.17) is 4.74 Å². The summed E-state index contributed by atoms with van der Waals surface area (Å²) in [6.07, 6.45) is 2.09. The minimum absolute atomic E-state index is 0.146. The second-order valence-corrected chi connectivity index (χ2v) is 4.39. The number of carbonyl (C=O) groups excluding carboxylic acids is 2. The molecule has 1 saturated carbocycles. The Morgan fingerprint density at radius 1 is 1.47 bits per heavy atom. The summed E-state index contributed by atoms with van der Waals surface area (Å²) >= 11 is 0. The van der Waals surface area contributed by atoms with Gasteiger partial charge in [0.2, 0.25) is 0 Å². The first-order chi connectivity index (χ1) is 8.22. The molecule has 0 aromatic heterocycles. The first-order valence-electron chi connectivity index (χ1n) is 6.17. The number of rotatable bonds is 3. The minimum Gasteiger partial charge on any atom is -0.464 e. The molecule has 6 nitrogen and oxygen atoms in total. The summed E-state index contributed by atoms with van der Waals surface area (Å²) in [5.74, 6) is -0.328. The molecule has 1 aliphatic heterocycles. The van der Waals surface area contributed by atoms with E-state index in [1.807, 2.05) is 0 Å². The van der Waals surface area contributed by atoms with E-state index in [0.29, 0.717) is 32.3 Å². The molecule has 17 heavy (non-hydrogen) atoms. The van der Waals surface area contributed by atoms with Crippen LogP contribution in [0.4, 0.5) is 4.79 Å². The minimum atomic E-state index is -0.498. The number of esters is 1. The zero-order valence-electron chi connectivity index (χ0n) is 10.1. The predicted octanol–water partition coefficient (Wildman–Crippen LogP) is -0.305. The van der Waals surface area contributed by atoms with Gasteiger partial charge in [-0.05, 0) is 19.8 Å². The molecular weight excluding hydrogens is 222 g/mol. The molecule has 0 radical (unpaired) electrons. The number of carbonyl (C=O) groups is 2. The highest BCUT2D eigenvalue weighted by Crippen LogP contribution is 2.19. The Kier molecular flexibility index (Phi) is 3.83. The Balaban J connectivity index is 1.94. The predicted molar refractivity (Wildman–Crippen MR) is 61.6 cm³/mol. The molecule has 2 fully saturated rings. The van der Waals surface area contributed by atoms with E-state index in [1.165, 1.54) is 0 Å². The summed E-state index contributed by atoms with van der Waals surface area (Å²) in [6.45, 7) is 3.84. The van der Waals surface area contributed by atoms with Gasteiger partial charge in [0.15, 0.2) is 0 Å². The van der Waals surface area contributed by atoms with Crippen LogP contribution in [0.1, 0.15) is 19.8 Å². The summed E-state index contributed by atoms with van der Waals surface area (Å²) in [6, 6.07) is -0.338. The zero-order valence-corrected chi connectivity index (χ0v) is 10.1. The highest BCUT2D eigenvalue weighted by molar-refractivity contribution is 5.84. The average molecular weight is 241 g/mol. The van der Waals surface area contributed by atoms with Crippen LogP contribution in [0.15, 0.2) is 0 Å². The van der Waals surface area contributed by atoms with E-state index in [9.17, 15) is 9.59 Å². The lowest BCUT2D eigenvalue weighted by molar-refractivity contribution is -0.148. The van der Waals surface area contributed by atoms with Crippen LogP contribution in [-0.4, -0.2) is 55.2 Å². The molecule has 2 N–H and O–H groups in total. The number of hydrogen-bond donors (Lipinski definition) is 2. The first kappa shape index (κ1) is 12.2. The van der Waals surface area contributed by atoms with Crippen molar-refractivity contribution in [3.8, 4) is 0 Å². The van der Waals surface area contributed by atoms with Crippen LogP contribution in [0.25, 0.3) is 0 Å². The number of nitrogens with one attached hydrogen (secondary N) is 2. The third-order valence-corrected chi connectivity index (χ3v) is 2.97. The van der Waals surface area contributed by atoms with Crippen LogP contribution >= 0.6 is 0 Å². The summed E-state index contributed by atoms with van der Waals surface area (Å²) in [5, 5.41) is 6.01. The average Bonchev–Trinajstić information content (AvgIpc) is 3.13. The van der Waals surface area contributed by atoms with E-state index in [1.54, 1.807) is 11.8 Å². The van der Waals surface area contributed by atoms with Gasteiger partial charge in [0.1, 0.15) is 6.04 Å². The maximum atomic E-state index is 11.9. The molecule has 2 amide bonds.